The van der Waals surface area contributed by atoms with Gasteiger partial charge in [0.05, 0.1) is 21.5 Å². The van der Waals surface area contributed by atoms with Gasteiger partial charge in [-0.25, -0.2) is 4.79 Å². The van der Waals surface area contributed by atoms with Crippen LogP contribution in [-0.4, -0.2) is 21.9 Å². The van der Waals surface area contributed by atoms with Crippen molar-refractivity contribution in [1.29, 1.82) is 0 Å². The quantitative estimate of drug-likeness (QED) is 0.480. The largest absolute Gasteiger partial charge is 0.458 e. The Bertz CT molecular complexity index is 626. The molecule has 3 atom stereocenters. The van der Waals surface area contributed by atoms with Crippen molar-refractivity contribution >= 4 is 17.3 Å². The van der Waals surface area contributed by atoms with Crippen LogP contribution in [0.1, 0.15) is 36.0 Å². The molecule has 0 heterocycles. The number of carbonyl (C=O) groups is 1. The molecule has 8 heteroatoms. The van der Waals surface area contributed by atoms with E-state index in [0.717, 1.165) is 43.9 Å². The van der Waals surface area contributed by atoms with E-state index in [4.69, 9.17) is 4.74 Å². The molecular formula is C14H14N2O6. The summed E-state index contributed by atoms with van der Waals surface area (Å²) in [5.41, 5.74) is -1.13. The molecular weight excluding hydrogens is 292 g/mol. The summed E-state index contributed by atoms with van der Waals surface area (Å²) in [5, 5.41) is 21.7. The van der Waals surface area contributed by atoms with Crippen LogP contribution >= 0.6 is 0 Å². The predicted molar refractivity (Wildman–Crippen MR) is 74.4 cm³/mol. The second-order valence-corrected chi connectivity index (χ2v) is 5.87. The van der Waals surface area contributed by atoms with Crippen LogP contribution in [-0.2, 0) is 4.74 Å². The molecule has 0 N–H and O–H groups in total. The van der Waals surface area contributed by atoms with Gasteiger partial charge in [-0.05, 0) is 37.5 Å². The van der Waals surface area contributed by atoms with Gasteiger partial charge in [0.1, 0.15) is 6.10 Å². The van der Waals surface area contributed by atoms with E-state index in [9.17, 15) is 25.0 Å². The highest BCUT2D eigenvalue weighted by Crippen LogP contribution is 2.46. The maximum absolute atomic E-state index is 12.2. The first-order valence-electron chi connectivity index (χ1n) is 7.09. The van der Waals surface area contributed by atoms with Crippen molar-refractivity contribution in [3.63, 3.8) is 0 Å². The third-order valence-corrected chi connectivity index (χ3v) is 4.49. The average Bonchev–Trinajstić information content (AvgIpc) is 3.09. The third-order valence-electron chi connectivity index (χ3n) is 4.49. The molecule has 2 aliphatic carbocycles. The molecule has 1 aromatic rings. The zero-order valence-electron chi connectivity index (χ0n) is 11.6. The Hall–Kier alpha value is -2.51. The molecule has 0 unspecified atom stereocenters. The normalized spacial score (nSPS) is 25.9. The predicted octanol–water partition coefficient (Wildman–Crippen LogP) is 2.85. The number of ether oxygens (including phenoxy) is 1. The molecule has 0 saturated heterocycles. The van der Waals surface area contributed by atoms with E-state index in [1.165, 1.54) is 0 Å². The highest BCUT2D eigenvalue weighted by atomic mass is 16.6. The number of nitrogens with zero attached hydrogens (tertiary/aromatic N) is 2. The van der Waals surface area contributed by atoms with E-state index >= 15 is 0 Å². The number of hydrogen-bond acceptors (Lipinski definition) is 6. The van der Waals surface area contributed by atoms with Gasteiger partial charge >= 0.3 is 5.97 Å². The van der Waals surface area contributed by atoms with Gasteiger partial charge in [-0.3, -0.25) is 20.2 Å². The maximum Gasteiger partial charge on any atom is 0.338 e. The SMILES string of the molecule is O=C(O[C@@H]1C[C@@H]2CC[C@@H]1C2)c1cc([N+](=O)[O-])cc([N+](=O)[O-])c1. The number of rotatable bonds is 4. The number of nitro groups is 2. The van der Waals surface area contributed by atoms with Crippen molar-refractivity contribution in [3.05, 3.63) is 44.0 Å². The van der Waals surface area contributed by atoms with Gasteiger partial charge in [0, 0.05) is 12.1 Å². The second-order valence-electron chi connectivity index (χ2n) is 5.87. The Morgan fingerprint density at radius 2 is 1.68 bits per heavy atom. The summed E-state index contributed by atoms with van der Waals surface area (Å²) in [6.07, 6.45) is 3.86. The lowest BCUT2D eigenvalue weighted by Crippen LogP contribution is -2.24. The highest BCUT2D eigenvalue weighted by Gasteiger charge is 2.42. The van der Waals surface area contributed by atoms with Gasteiger partial charge in [0.15, 0.2) is 0 Å². The molecule has 0 aromatic heterocycles. The Kier molecular flexibility index (Phi) is 3.51. The lowest BCUT2D eigenvalue weighted by atomic mass is 9.98. The van der Waals surface area contributed by atoms with Gasteiger partial charge in [0.25, 0.3) is 11.4 Å². The molecule has 22 heavy (non-hydrogen) atoms. The van der Waals surface area contributed by atoms with Crippen LogP contribution in [0.15, 0.2) is 18.2 Å². The van der Waals surface area contributed by atoms with Crippen LogP contribution in [0.3, 0.4) is 0 Å². The van der Waals surface area contributed by atoms with Gasteiger partial charge in [-0.15, -0.1) is 0 Å². The van der Waals surface area contributed by atoms with Crippen molar-refractivity contribution < 1.29 is 19.4 Å². The summed E-state index contributed by atoms with van der Waals surface area (Å²) >= 11 is 0. The van der Waals surface area contributed by atoms with Crippen LogP contribution < -0.4 is 0 Å². The molecule has 2 fully saturated rings. The first-order valence-corrected chi connectivity index (χ1v) is 7.09. The Morgan fingerprint density at radius 3 is 2.14 bits per heavy atom. The minimum absolute atomic E-state index is 0.149. The number of carbonyl (C=O) groups excluding carboxylic acids is 1. The van der Waals surface area contributed by atoms with Crippen molar-refractivity contribution in [3.8, 4) is 0 Å². The minimum Gasteiger partial charge on any atom is -0.458 e. The van der Waals surface area contributed by atoms with Crippen molar-refractivity contribution in [2.75, 3.05) is 0 Å². The average molecular weight is 306 g/mol. The van der Waals surface area contributed by atoms with Crippen LogP contribution in [0.2, 0.25) is 0 Å². The Morgan fingerprint density at radius 1 is 1.05 bits per heavy atom. The van der Waals surface area contributed by atoms with Gasteiger partial charge < -0.3 is 4.74 Å². The molecule has 1 aromatic carbocycles. The first kappa shape index (κ1) is 14.4. The number of fused-ring (bicyclic) bond motifs is 2. The zero-order chi connectivity index (χ0) is 15.9. The van der Waals surface area contributed by atoms with E-state index < -0.39 is 27.2 Å². The topological polar surface area (TPSA) is 113 Å². The van der Waals surface area contributed by atoms with E-state index in [-0.39, 0.29) is 11.7 Å². The van der Waals surface area contributed by atoms with Gasteiger partial charge in [0.2, 0.25) is 0 Å². The monoisotopic (exact) mass is 306 g/mol. The summed E-state index contributed by atoms with van der Waals surface area (Å²) < 4.78 is 5.42. The number of non-ortho nitro benzene ring substituents is 2. The highest BCUT2D eigenvalue weighted by molar-refractivity contribution is 5.91. The molecule has 116 valence electrons. The molecule has 8 nitrogen and oxygen atoms in total. The Labute approximate surface area is 125 Å². The van der Waals surface area contributed by atoms with Crippen molar-refractivity contribution in [2.24, 2.45) is 11.8 Å². The molecule has 3 rings (SSSR count). The van der Waals surface area contributed by atoms with Crippen LogP contribution in [0, 0.1) is 32.1 Å². The molecule has 2 bridgehead atoms. The van der Waals surface area contributed by atoms with Gasteiger partial charge in [-0.1, -0.05) is 0 Å². The van der Waals surface area contributed by atoms with E-state index in [2.05, 4.69) is 0 Å². The van der Waals surface area contributed by atoms with Crippen LogP contribution in [0.5, 0.6) is 0 Å². The summed E-state index contributed by atoms with van der Waals surface area (Å²) in [6.45, 7) is 0. The number of nitro benzene ring substituents is 2. The van der Waals surface area contributed by atoms with Gasteiger partial charge in [-0.2, -0.15) is 0 Å². The number of hydrogen-bond donors (Lipinski definition) is 0. The zero-order valence-corrected chi connectivity index (χ0v) is 11.6. The Balaban J connectivity index is 1.82. The van der Waals surface area contributed by atoms with Crippen molar-refractivity contribution in [1.82, 2.24) is 0 Å². The van der Waals surface area contributed by atoms with E-state index in [0.29, 0.717) is 11.8 Å². The fourth-order valence-electron chi connectivity index (χ4n) is 3.46. The van der Waals surface area contributed by atoms with E-state index in [1.807, 2.05) is 0 Å². The molecule has 0 amide bonds. The fourth-order valence-corrected chi connectivity index (χ4v) is 3.46. The summed E-state index contributed by atoms with van der Waals surface area (Å²) in [5.74, 6) is 0.203. The van der Waals surface area contributed by atoms with Crippen molar-refractivity contribution in [2.45, 2.75) is 31.8 Å². The maximum atomic E-state index is 12.2. The lowest BCUT2D eigenvalue weighted by Gasteiger charge is -2.21. The molecule has 0 radical (unpaired) electrons. The minimum atomic E-state index is -0.763. The molecule has 0 aliphatic heterocycles. The second kappa shape index (κ2) is 5.36. The lowest BCUT2D eigenvalue weighted by molar-refractivity contribution is -0.394. The van der Waals surface area contributed by atoms with Crippen LogP contribution in [0.4, 0.5) is 11.4 Å². The van der Waals surface area contributed by atoms with Crippen LogP contribution in [0.25, 0.3) is 0 Å². The van der Waals surface area contributed by atoms with E-state index in [1.54, 1.807) is 0 Å². The summed E-state index contributed by atoms with van der Waals surface area (Å²) in [6, 6.07) is 2.86. The molecule has 2 aliphatic rings. The summed E-state index contributed by atoms with van der Waals surface area (Å²) in [7, 11) is 0. The fraction of sp³-hybridized carbons (Fsp3) is 0.500. The number of esters is 1. The smallest absolute Gasteiger partial charge is 0.338 e. The molecule has 2 saturated carbocycles. The summed E-state index contributed by atoms with van der Waals surface area (Å²) in [4.78, 5) is 32.3. The molecule has 0 spiro atoms. The number of benzene rings is 1. The standard InChI is InChI=1S/C14H14N2O6/c17-14(22-13-4-8-1-2-9(13)3-8)10-5-11(15(18)19)7-12(6-10)16(20)21/h5-9,13H,1-4H2/t8-,9-,13-/m1/s1. The third kappa shape index (κ3) is 2.63. The first-order chi connectivity index (χ1) is 10.4.